The molecule has 0 saturated heterocycles. The number of carbonyl (C=O) groups excluding carboxylic acids is 2. The highest BCUT2D eigenvalue weighted by Gasteiger charge is 2.11. The molecular weight excluding hydrogens is 318 g/mol. The number of amides is 3. The lowest BCUT2D eigenvalue weighted by atomic mass is 10.1. The van der Waals surface area contributed by atoms with E-state index >= 15 is 0 Å². The largest absolute Gasteiger partial charge is 0.467 e. The van der Waals surface area contributed by atoms with E-state index in [0.29, 0.717) is 10.8 Å². The number of nitrogens with one attached hydrogen (secondary N) is 3. The van der Waals surface area contributed by atoms with E-state index in [2.05, 4.69) is 16.0 Å². The Kier molecular flexibility index (Phi) is 6.19. The summed E-state index contributed by atoms with van der Waals surface area (Å²) < 4.78 is 5.08. The molecule has 1 aromatic carbocycles. The fourth-order valence-electron chi connectivity index (χ4n) is 1.94. The van der Waals surface area contributed by atoms with Gasteiger partial charge in [-0.2, -0.15) is 0 Å². The molecule has 0 bridgehead atoms. The highest BCUT2D eigenvalue weighted by molar-refractivity contribution is 6.30. The van der Waals surface area contributed by atoms with Crippen LogP contribution in [0.5, 0.6) is 0 Å². The van der Waals surface area contributed by atoms with Gasteiger partial charge in [0.1, 0.15) is 5.76 Å². The number of carbonyl (C=O) groups is 2. The predicted octanol–water partition coefficient (Wildman–Crippen LogP) is 2.61. The van der Waals surface area contributed by atoms with Crippen molar-refractivity contribution in [2.75, 3.05) is 6.54 Å². The van der Waals surface area contributed by atoms with Crippen LogP contribution in [0.25, 0.3) is 0 Å². The Balaban J connectivity index is 1.71. The van der Waals surface area contributed by atoms with Crippen molar-refractivity contribution in [3.63, 3.8) is 0 Å². The number of halogens is 1. The lowest BCUT2D eigenvalue weighted by Crippen LogP contribution is -2.43. The molecule has 2 rings (SSSR count). The molecular formula is C16H18ClN3O3. The highest BCUT2D eigenvalue weighted by atomic mass is 35.5. The summed E-state index contributed by atoms with van der Waals surface area (Å²) in [4.78, 5) is 23.3. The number of rotatable bonds is 6. The van der Waals surface area contributed by atoms with Crippen LogP contribution in [-0.2, 0) is 11.3 Å². The average Bonchev–Trinajstić information content (AvgIpc) is 3.04. The topological polar surface area (TPSA) is 83.4 Å². The van der Waals surface area contributed by atoms with Crippen LogP contribution in [0, 0.1) is 0 Å². The Labute approximate surface area is 139 Å². The summed E-state index contributed by atoms with van der Waals surface area (Å²) in [6.45, 7) is 2.15. The third-order valence-corrected chi connectivity index (χ3v) is 3.41. The molecule has 3 amide bonds. The standard InChI is InChI=1S/C16H18ClN3O3/c1-11(12-4-2-5-13(17)8-12)18-10-15(21)20-16(22)19-9-14-6-3-7-23-14/h2-8,11,18H,9-10H2,1H3,(H2,19,20,21,22)/t11-/m1/s1. The van der Waals surface area contributed by atoms with Crippen LogP contribution in [0.3, 0.4) is 0 Å². The van der Waals surface area contributed by atoms with Gasteiger partial charge in [-0.05, 0) is 36.8 Å². The third-order valence-electron chi connectivity index (χ3n) is 3.17. The van der Waals surface area contributed by atoms with Crippen molar-refractivity contribution in [1.29, 1.82) is 0 Å². The number of imide groups is 1. The maximum Gasteiger partial charge on any atom is 0.321 e. The molecule has 0 spiro atoms. The molecule has 7 heteroatoms. The molecule has 23 heavy (non-hydrogen) atoms. The van der Waals surface area contributed by atoms with E-state index in [9.17, 15) is 9.59 Å². The van der Waals surface area contributed by atoms with Crippen LogP contribution in [0.1, 0.15) is 24.3 Å². The minimum absolute atomic E-state index is 0.0157. The fraction of sp³-hybridized carbons (Fsp3) is 0.250. The van der Waals surface area contributed by atoms with Gasteiger partial charge in [0.05, 0.1) is 19.4 Å². The fourth-order valence-corrected chi connectivity index (χ4v) is 2.13. The van der Waals surface area contributed by atoms with Crippen LogP contribution >= 0.6 is 11.6 Å². The van der Waals surface area contributed by atoms with Crippen LogP contribution < -0.4 is 16.0 Å². The van der Waals surface area contributed by atoms with Gasteiger partial charge in [0, 0.05) is 11.1 Å². The van der Waals surface area contributed by atoms with E-state index in [1.807, 2.05) is 25.1 Å². The Morgan fingerprint density at radius 1 is 1.26 bits per heavy atom. The molecule has 1 aromatic heterocycles. The Morgan fingerprint density at radius 3 is 2.78 bits per heavy atom. The number of hydrogen-bond donors (Lipinski definition) is 3. The second-order valence-electron chi connectivity index (χ2n) is 4.97. The van der Waals surface area contributed by atoms with E-state index in [4.69, 9.17) is 16.0 Å². The van der Waals surface area contributed by atoms with Crippen molar-refractivity contribution >= 4 is 23.5 Å². The summed E-state index contributed by atoms with van der Waals surface area (Å²) >= 11 is 5.93. The molecule has 0 radical (unpaired) electrons. The van der Waals surface area contributed by atoms with Crippen molar-refractivity contribution in [1.82, 2.24) is 16.0 Å². The van der Waals surface area contributed by atoms with Crippen molar-refractivity contribution in [2.45, 2.75) is 19.5 Å². The number of hydrogen-bond acceptors (Lipinski definition) is 4. The second-order valence-corrected chi connectivity index (χ2v) is 5.40. The minimum Gasteiger partial charge on any atom is -0.467 e. The van der Waals surface area contributed by atoms with Gasteiger partial charge in [-0.15, -0.1) is 0 Å². The molecule has 3 N–H and O–H groups in total. The van der Waals surface area contributed by atoms with Gasteiger partial charge in [0.15, 0.2) is 0 Å². The van der Waals surface area contributed by atoms with Crippen molar-refractivity contribution in [3.8, 4) is 0 Å². The molecule has 0 saturated carbocycles. The summed E-state index contributed by atoms with van der Waals surface area (Å²) in [7, 11) is 0. The molecule has 0 aliphatic carbocycles. The normalized spacial score (nSPS) is 11.7. The van der Waals surface area contributed by atoms with Crippen LogP contribution in [0.4, 0.5) is 4.79 Å². The van der Waals surface area contributed by atoms with Gasteiger partial charge in [-0.3, -0.25) is 10.1 Å². The third kappa shape index (κ3) is 5.77. The van der Waals surface area contributed by atoms with Gasteiger partial charge in [-0.25, -0.2) is 4.79 Å². The monoisotopic (exact) mass is 335 g/mol. The van der Waals surface area contributed by atoms with Gasteiger partial charge >= 0.3 is 6.03 Å². The summed E-state index contributed by atoms with van der Waals surface area (Å²) in [6, 6.07) is 10.2. The SMILES string of the molecule is C[C@@H](NCC(=O)NC(=O)NCc1ccco1)c1cccc(Cl)c1. The number of urea groups is 1. The molecule has 2 aromatic rings. The van der Waals surface area contributed by atoms with Gasteiger partial charge in [0.2, 0.25) is 5.91 Å². The zero-order valence-electron chi connectivity index (χ0n) is 12.6. The van der Waals surface area contributed by atoms with E-state index in [-0.39, 0.29) is 19.1 Å². The molecule has 122 valence electrons. The van der Waals surface area contributed by atoms with Gasteiger partial charge in [0.25, 0.3) is 0 Å². The van der Waals surface area contributed by atoms with Crippen LogP contribution in [0.2, 0.25) is 5.02 Å². The lowest BCUT2D eigenvalue weighted by Gasteiger charge is -2.14. The lowest BCUT2D eigenvalue weighted by molar-refractivity contribution is -0.119. The second kappa shape index (κ2) is 8.36. The predicted molar refractivity (Wildman–Crippen MR) is 87.0 cm³/mol. The zero-order chi connectivity index (χ0) is 16.7. The highest BCUT2D eigenvalue weighted by Crippen LogP contribution is 2.16. The van der Waals surface area contributed by atoms with E-state index in [1.165, 1.54) is 6.26 Å². The first-order chi connectivity index (χ1) is 11.0. The summed E-state index contributed by atoms with van der Waals surface area (Å²) in [6.07, 6.45) is 1.52. The number of benzene rings is 1. The molecule has 0 unspecified atom stereocenters. The van der Waals surface area contributed by atoms with E-state index in [0.717, 1.165) is 5.56 Å². The molecule has 0 fully saturated rings. The Hall–Kier alpha value is -2.31. The maximum absolute atomic E-state index is 11.7. The van der Waals surface area contributed by atoms with E-state index < -0.39 is 11.9 Å². The molecule has 6 nitrogen and oxygen atoms in total. The van der Waals surface area contributed by atoms with Crippen molar-refractivity contribution < 1.29 is 14.0 Å². The van der Waals surface area contributed by atoms with Crippen molar-refractivity contribution in [3.05, 3.63) is 59.0 Å². The molecule has 1 heterocycles. The van der Waals surface area contributed by atoms with Gasteiger partial charge < -0.3 is 15.1 Å². The maximum atomic E-state index is 11.7. The van der Waals surface area contributed by atoms with Crippen LogP contribution in [0.15, 0.2) is 47.1 Å². The molecule has 0 aliphatic heterocycles. The first-order valence-electron chi connectivity index (χ1n) is 7.13. The summed E-state index contributed by atoms with van der Waals surface area (Å²) in [5, 5.41) is 8.44. The zero-order valence-corrected chi connectivity index (χ0v) is 13.4. The van der Waals surface area contributed by atoms with E-state index in [1.54, 1.807) is 18.2 Å². The minimum atomic E-state index is -0.566. The first-order valence-corrected chi connectivity index (χ1v) is 7.51. The molecule has 1 atom stereocenters. The van der Waals surface area contributed by atoms with Crippen LogP contribution in [-0.4, -0.2) is 18.5 Å². The summed E-state index contributed by atoms with van der Waals surface area (Å²) in [5.41, 5.74) is 0.965. The van der Waals surface area contributed by atoms with Crippen molar-refractivity contribution in [2.24, 2.45) is 0 Å². The Morgan fingerprint density at radius 2 is 2.09 bits per heavy atom. The average molecular weight is 336 g/mol. The smallest absolute Gasteiger partial charge is 0.321 e. The number of furan rings is 1. The summed E-state index contributed by atoms with van der Waals surface area (Å²) in [5.74, 6) is 0.191. The molecule has 0 aliphatic rings. The first kappa shape index (κ1) is 17.1. The Bertz CT molecular complexity index is 658. The quantitative estimate of drug-likeness (QED) is 0.757. The van der Waals surface area contributed by atoms with Gasteiger partial charge in [-0.1, -0.05) is 23.7 Å².